The summed E-state index contributed by atoms with van der Waals surface area (Å²) >= 11 is 1.42. The van der Waals surface area contributed by atoms with E-state index in [0.29, 0.717) is 24.0 Å². The van der Waals surface area contributed by atoms with Crippen LogP contribution < -0.4 is 9.64 Å². The summed E-state index contributed by atoms with van der Waals surface area (Å²) in [5.41, 5.74) is 0.720. The second kappa shape index (κ2) is 11.9. The molecule has 0 saturated carbocycles. The highest BCUT2D eigenvalue weighted by Crippen LogP contribution is 2.34. The lowest BCUT2D eigenvalue weighted by atomic mass is 10.3. The molecule has 35 heavy (non-hydrogen) atoms. The van der Waals surface area contributed by atoms with E-state index in [9.17, 15) is 13.2 Å². The topological polar surface area (TPSA) is 89.0 Å². The fraction of sp³-hybridized carbons (Fsp3) is 0.440. The lowest BCUT2D eigenvalue weighted by molar-refractivity contribution is -0.118. The Morgan fingerprint density at radius 2 is 1.91 bits per heavy atom. The Labute approximate surface area is 210 Å². The van der Waals surface area contributed by atoms with E-state index in [-0.39, 0.29) is 23.0 Å². The first-order valence-electron chi connectivity index (χ1n) is 11.9. The number of anilines is 1. The molecule has 10 heteroatoms. The monoisotopic (exact) mass is 517 g/mol. The highest BCUT2D eigenvalue weighted by Gasteiger charge is 2.24. The molecule has 0 radical (unpaired) electrons. The smallest absolute Gasteiger partial charge is 0.229 e. The number of para-hydroxylation sites is 1. The van der Waals surface area contributed by atoms with Crippen molar-refractivity contribution in [2.75, 3.05) is 56.7 Å². The van der Waals surface area contributed by atoms with Gasteiger partial charge in [-0.1, -0.05) is 35.6 Å². The van der Waals surface area contributed by atoms with E-state index in [1.54, 1.807) is 35.2 Å². The summed E-state index contributed by atoms with van der Waals surface area (Å²) in [5, 5.41) is 0.566. The first-order valence-corrected chi connectivity index (χ1v) is 14.4. The van der Waals surface area contributed by atoms with Crippen molar-refractivity contribution in [1.29, 1.82) is 0 Å². The molecule has 1 fully saturated rings. The predicted octanol–water partition coefficient (Wildman–Crippen LogP) is 3.61. The minimum absolute atomic E-state index is 0.108. The third-order valence-electron chi connectivity index (χ3n) is 5.85. The van der Waals surface area contributed by atoms with Gasteiger partial charge in [-0.2, -0.15) is 0 Å². The van der Waals surface area contributed by atoms with Crippen LogP contribution in [-0.4, -0.2) is 76.0 Å². The van der Waals surface area contributed by atoms with Gasteiger partial charge in [0.05, 0.1) is 35.2 Å². The van der Waals surface area contributed by atoms with Crippen molar-refractivity contribution in [3.8, 4) is 5.75 Å². The molecule has 4 rings (SSSR count). The Hall–Kier alpha value is -2.53. The van der Waals surface area contributed by atoms with E-state index in [0.717, 1.165) is 49.5 Å². The van der Waals surface area contributed by atoms with Crippen molar-refractivity contribution < 1.29 is 22.7 Å². The minimum Gasteiger partial charge on any atom is -0.492 e. The largest absolute Gasteiger partial charge is 0.492 e. The number of carbonyl (C=O) groups is 1. The van der Waals surface area contributed by atoms with Gasteiger partial charge in [-0.15, -0.1) is 0 Å². The van der Waals surface area contributed by atoms with E-state index < -0.39 is 9.84 Å². The number of hydrogen-bond acceptors (Lipinski definition) is 8. The van der Waals surface area contributed by atoms with Crippen molar-refractivity contribution in [1.82, 2.24) is 9.88 Å². The quantitative estimate of drug-likeness (QED) is 0.384. The van der Waals surface area contributed by atoms with E-state index in [1.165, 1.54) is 11.3 Å². The van der Waals surface area contributed by atoms with Crippen molar-refractivity contribution in [3.63, 3.8) is 0 Å². The SMILES string of the molecule is CCOc1cccc2sc(N(CCCN3CCOCC3)C(=O)CCS(=O)(=O)c3ccccc3)nc12. The number of carbonyl (C=O) groups excluding carboxylic acids is 1. The molecule has 0 bridgehead atoms. The Morgan fingerprint density at radius 3 is 2.66 bits per heavy atom. The molecule has 0 N–H and O–H groups in total. The van der Waals surface area contributed by atoms with Crippen LogP contribution in [0.25, 0.3) is 10.2 Å². The first kappa shape index (κ1) is 25.6. The van der Waals surface area contributed by atoms with E-state index in [4.69, 9.17) is 14.5 Å². The molecule has 8 nitrogen and oxygen atoms in total. The summed E-state index contributed by atoms with van der Waals surface area (Å²) in [6.07, 6.45) is 0.647. The van der Waals surface area contributed by atoms with Crippen molar-refractivity contribution in [2.45, 2.75) is 24.7 Å². The Bertz CT molecular complexity index is 1220. The van der Waals surface area contributed by atoms with Gasteiger partial charge in [-0.3, -0.25) is 14.6 Å². The summed E-state index contributed by atoms with van der Waals surface area (Å²) in [6, 6.07) is 14.0. The number of thiazole rings is 1. The molecule has 0 atom stereocenters. The molecule has 0 aliphatic carbocycles. The van der Waals surface area contributed by atoms with Crippen LogP contribution in [0.5, 0.6) is 5.75 Å². The summed E-state index contributed by atoms with van der Waals surface area (Å²) in [4.78, 5) is 22.3. The summed E-state index contributed by atoms with van der Waals surface area (Å²) in [7, 11) is -3.55. The van der Waals surface area contributed by atoms with Gasteiger partial charge in [0.1, 0.15) is 11.3 Å². The number of sulfone groups is 1. The number of rotatable bonds is 11. The molecule has 2 aromatic carbocycles. The molecule has 2 heterocycles. The predicted molar refractivity (Wildman–Crippen MR) is 138 cm³/mol. The van der Waals surface area contributed by atoms with Crippen LogP contribution in [0.1, 0.15) is 19.8 Å². The standard InChI is InChI=1S/C25H31N3O5S2/c1-2-33-21-10-6-11-22-24(21)26-25(34-22)28(14-7-13-27-15-17-32-18-16-27)23(29)12-19-35(30,31)20-8-4-3-5-9-20/h3-6,8-11H,2,7,12-19H2,1H3. The second-order valence-corrected chi connectivity index (χ2v) is 11.4. The molecule has 1 aliphatic heterocycles. The molecule has 1 amide bonds. The molecule has 3 aromatic rings. The normalized spacial score (nSPS) is 14.8. The van der Waals surface area contributed by atoms with Gasteiger partial charge >= 0.3 is 0 Å². The summed E-state index contributed by atoms with van der Waals surface area (Å²) < 4.78 is 37.6. The van der Waals surface area contributed by atoms with Crippen LogP contribution in [0.15, 0.2) is 53.4 Å². The highest BCUT2D eigenvalue weighted by atomic mass is 32.2. The van der Waals surface area contributed by atoms with Crippen molar-refractivity contribution in [2.24, 2.45) is 0 Å². The Kier molecular flexibility index (Phi) is 8.72. The van der Waals surface area contributed by atoms with E-state index in [2.05, 4.69) is 4.90 Å². The molecular weight excluding hydrogens is 486 g/mol. The zero-order valence-electron chi connectivity index (χ0n) is 19.9. The first-order chi connectivity index (χ1) is 17.0. The molecule has 0 unspecified atom stereocenters. The number of hydrogen-bond donors (Lipinski definition) is 0. The van der Waals surface area contributed by atoms with Gasteiger partial charge in [0.25, 0.3) is 0 Å². The average Bonchev–Trinajstić information content (AvgIpc) is 3.31. The molecule has 188 valence electrons. The van der Waals surface area contributed by atoms with Gasteiger partial charge in [-0.05, 0) is 37.6 Å². The van der Waals surface area contributed by atoms with Gasteiger partial charge < -0.3 is 9.47 Å². The Morgan fingerprint density at radius 1 is 1.14 bits per heavy atom. The molecule has 0 spiro atoms. The number of aromatic nitrogens is 1. The lowest BCUT2D eigenvalue weighted by Gasteiger charge is -2.27. The molecule has 1 saturated heterocycles. The van der Waals surface area contributed by atoms with Gasteiger partial charge in [0, 0.05) is 32.6 Å². The minimum atomic E-state index is -3.55. The second-order valence-electron chi connectivity index (χ2n) is 8.27. The molecule has 1 aromatic heterocycles. The Balaban J connectivity index is 1.52. The third kappa shape index (κ3) is 6.58. The van der Waals surface area contributed by atoms with Gasteiger partial charge in [-0.25, -0.2) is 13.4 Å². The maximum atomic E-state index is 13.4. The summed E-state index contributed by atoms with van der Waals surface area (Å²) in [6.45, 7) is 6.93. The average molecular weight is 518 g/mol. The number of ether oxygens (including phenoxy) is 2. The molecule has 1 aliphatic rings. The van der Waals surface area contributed by atoms with Gasteiger partial charge in [0.2, 0.25) is 5.91 Å². The lowest BCUT2D eigenvalue weighted by Crippen LogP contribution is -2.39. The van der Waals surface area contributed by atoms with Crippen LogP contribution in [0.3, 0.4) is 0 Å². The number of benzene rings is 2. The number of fused-ring (bicyclic) bond motifs is 1. The fourth-order valence-electron chi connectivity index (χ4n) is 4.01. The summed E-state index contributed by atoms with van der Waals surface area (Å²) in [5.74, 6) is 0.189. The van der Waals surface area contributed by atoms with Crippen LogP contribution in [0.4, 0.5) is 5.13 Å². The number of amides is 1. The van der Waals surface area contributed by atoms with E-state index in [1.807, 2.05) is 25.1 Å². The van der Waals surface area contributed by atoms with Gasteiger partial charge in [0.15, 0.2) is 15.0 Å². The maximum absolute atomic E-state index is 13.4. The van der Waals surface area contributed by atoms with Crippen LogP contribution >= 0.6 is 11.3 Å². The van der Waals surface area contributed by atoms with Crippen LogP contribution in [0.2, 0.25) is 0 Å². The number of nitrogens with zero attached hydrogens (tertiary/aromatic N) is 3. The zero-order valence-corrected chi connectivity index (χ0v) is 21.5. The fourth-order valence-corrected chi connectivity index (χ4v) is 6.28. The van der Waals surface area contributed by atoms with Crippen LogP contribution in [-0.2, 0) is 19.4 Å². The third-order valence-corrected chi connectivity index (χ3v) is 8.62. The van der Waals surface area contributed by atoms with Crippen molar-refractivity contribution >= 4 is 42.4 Å². The van der Waals surface area contributed by atoms with Crippen LogP contribution in [0, 0.1) is 0 Å². The zero-order chi connectivity index (χ0) is 24.7. The highest BCUT2D eigenvalue weighted by molar-refractivity contribution is 7.91. The maximum Gasteiger partial charge on any atom is 0.229 e. The van der Waals surface area contributed by atoms with Crippen molar-refractivity contribution in [3.05, 3.63) is 48.5 Å². The molecular formula is C25H31N3O5S2. The van der Waals surface area contributed by atoms with E-state index >= 15 is 0 Å². The number of morpholine rings is 1.